The number of amides is 1. The number of carboxylic acids is 1. The molecule has 1 rings (SSSR count). The number of rotatable bonds is 5. The topological polar surface area (TPSA) is 66.4 Å². The second-order valence-corrected chi connectivity index (χ2v) is 5.26. The zero-order valence-electron chi connectivity index (χ0n) is 11.0. The lowest BCUT2D eigenvalue weighted by Crippen LogP contribution is -2.54. The molecule has 4 nitrogen and oxygen atoms in total. The highest BCUT2D eigenvalue weighted by atomic mass is 16.4. The molecular formula is C13H23NO3. The van der Waals surface area contributed by atoms with Crippen LogP contribution < -0.4 is 5.32 Å². The van der Waals surface area contributed by atoms with Crippen LogP contribution in [0.4, 0.5) is 0 Å². The predicted octanol–water partition coefficient (Wildman–Crippen LogP) is 2.18. The summed E-state index contributed by atoms with van der Waals surface area (Å²) in [6.07, 6.45) is 3.80. The molecule has 1 saturated carbocycles. The van der Waals surface area contributed by atoms with Crippen molar-refractivity contribution in [1.29, 1.82) is 0 Å². The summed E-state index contributed by atoms with van der Waals surface area (Å²) >= 11 is 0. The first kappa shape index (κ1) is 14.0. The van der Waals surface area contributed by atoms with Crippen molar-refractivity contribution < 1.29 is 14.7 Å². The first-order chi connectivity index (χ1) is 7.93. The molecule has 0 aromatic rings. The summed E-state index contributed by atoms with van der Waals surface area (Å²) in [7, 11) is 0. The van der Waals surface area contributed by atoms with Gasteiger partial charge < -0.3 is 10.4 Å². The molecule has 2 N–H and O–H groups in total. The molecule has 1 fully saturated rings. The third-order valence-electron chi connectivity index (χ3n) is 4.14. The maximum atomic E-state index is 12.0. The number of hydrogen-bond acceptors (Lipinski definition) is 2. The number of carbonyl (C=O) groups excluding carboxylic acids is 1. The van der Waals surface area contributed by atoms with Gasteiger partial charge in [-0.2, -0.15) is 0 Å². The second-order valence-electron chi connectivity index (χ2n) is 5.26. The molecule has 0 heterocycles. The Morgan fingerprint density at radius 2 is 1.82 bits per heavy atom. The molecule has 1 amide bonds. The van der Waals surface area contributed by atoms with Crippen molar-refractivity contribution in [3.05, 3.63) is 0 Å². The van der Waals surface area contributed by atoms with Crippen LogP contribution in [-0.2, 0) is 9.59 Å². The number of hydrogen-bond donors (Lipinski definition) is 2. The Morgan fingerprint density at radius 1 is 1.29 bits per heavy atom. The Hall–Kier alpha value is -1.06. The van der Waals surface area contributed by atoms with Crippen molar-refractivity contribution in [3.8, 4) is 0 Å². The van der Waals surface area contributed by atoms with Crippen molar-refractivity contribution in [2.75, 3.05) is 0 Å². The average Bonchev–Trinajstić information content (AvgIpc) is 2.76. The first-order valence-electron chi connectivity index (χ1n) is 6.48. The molecule has 1 aliphatic carbocycles. The van der Waals surface area contributed by atoms with Gasteiger partial charge in [-0.3, -0.25) is 4.79 Å². The molecule has 0 spiro atoms. The first-order valence-corrected chi connectivity index (χ1v) is 6.48. The van der Waals surface area contributed by atoms with E-state index >= 15 is 0 Å². The SMILES string of the molecule is CCC(C)C(C)C(=O)NC1(C(=O)O)CCCC1. The Morgan fingerprint density at radius 3 is 2.24 bits per heavy atom. The normalized spacial score (nSPS) is 21.8. The standard InChI is InChI=1S/C13H23NO3/c1-4-9(2)10(3)11(15)14-13(12(16)17)7-5-6-8-13/h9-10H,4-8H2,1-3H3,(H,14,15)(H,16,17). The number of carboxylic acid groups (broad SMARTS) is 1. The number of carbonyl (C=O) groups is 2. The van der Waals surface area contributed by atoms with Gasteiger partial charge >= 0.3 is 5.97 Å². The van der Waals surface area contributed by atoms with E-state index in [-0.39, 0.29) is 17.7 Å². The summed E-state index contributed by atoms with van der Waals surface area (Å²) in [5, 5.41) is 12.0. The fraction of sp³-hybridized carbons (Fsp3) is 0.846. The van der Waals surface area contributed by atoms with Gasteiger partial charge in [0, 0.05) is 5.92 Å². The molecule has 2 atom stereocenters. The van der Waals surface area contributed by atoms with Gasteiger partial charge in [-0.1, -0.05) is 40.0 Å². The van der Waals surface area contributed by atoms with E-state index in [9.17, 15) is 14.7 Å². The van der Waals surface area contributed by atoms with Crippen molar-refractivity contribution in [3.63, 3.8) is 0 Å². The van der Waals surface area contributed by atoms with Crippen LogP contribution in [0.3, 0.4) is 0 Å². The lowest BCUT2D eigenvalue weighted by Gasteiger charge is -2.28. The van der Waals surface area contributed by atoms with E-state index in [4.69, 9.17) is 0 Å². The van der Waals surface area contributed by atoms with E-state index in [2.05, 4.69) is 5.32 Å². The zero-order valence-corrected chi connectivity index (χ0v) is 11.0. The van der Waals surface area contributed by atoms with E-state index in [1.807, 2.05) is 20.8 Å². The minimum Gasteiger partial charge on any atom is -0.480 e. The van der Waals surface area contributed by atoms with E-state index in [1.54, 1.807) is 0 Å². The van der Waals surface area contributed by atoms with E-state index in [1.165, 1.54) is 0 Å². The third kappa shape index (κ3) is 2.99. The highest BCUT2D eigenvalue weighted by Gasteiger charge is 2.43. The fourth-order valence-corrected chi connectivity index (χ4v) is 2.33. The summed E-state index contributed by atoms with van der Waals surface area (Å²) < 4.78 is 0. The third-order valence-corrected chi connectivity index (χ3v) is 4.14. The maximum absolute atomic E-state index is 12.0. The highest BCUT2D eigenvalue weighted by molar-refractivity contribution is 5.88. The van der Waals surface area contributed by atoms with Crippen LogP contribution in [0.5, 0.6) is 0 Å². The van der Waals surface area contributed by atoms with Crippen LogP contribution in [0.25, 0.3) is 0 Å². The molecule has 0 aromatic heterocycles. The summed E-state index contributed by atoms with van der Waals surface area (Å²) in [6.45, 7) is 5.93. The van der Waals surface area contributed by atoms with E-state index in [0.29, 0.717) is 12.8 Å². The molecular weight excluding hydrogens is 218 g/mol. The summed E-state index contributed by atoms with van der Waals surface area (Å²) in [5.41, 5.74) is -1.00. The largest absolute Gasteiger partial charge is 0.480 e. The van der Waals surface area contributed by atoms with Gasteiger partial charge in [0.15, 0.2) is 0 Å². The predicted molar refractivity (Wildman–Crippen MR) is 65.6 cm³/mol. The van der Waals surface area contributed by atoms with Gasteiger partial charge in [0.25, 0.3) is 0 Å². The van der Waals surface area contributed by atoms with Gasteiger partial charge in [0.1, 0.15) is 5.54 Å². The van der Waals surface area contributed by atoms with Crippen LogP contribution in [0, 0.1) is 11.8 Å². The molecule has 0 aliphatic heterocycles. The number of nitrogens with one attached hydrogen (secondary N) is 1. The highest BCUT2D eigenvalue weighted by Crippen LogP contribution is 2.30. The monoisotopic (exact) mass is 241 g/mol. The quantitative estimate of drug-likeness (QED) is 0.775. The molecule has 0 radical (unpaired) electrons. The van der Waals surface area contributed by atoms with Crippen LogP contribution >= 0.6 is 0 Å². The molecule has 0 bridgehead atoms. The molecule has 98 valence electrons. The van der Waals surface area contributed by atoms with Gasteiger partial charge in [-0.15, -0.1) is 0 Å². The van der Waals surface area contributed by atoms with Gasteiger partial charge in [0.05, 0.1) is 0 Å². The van der Waals surface area contributed by atoms with Crippen LogP contribution in [0.15, 0.2) is 0 Å². The van der Waals surface area contributed by atoms with Crippen molar-refractivity contribution in [2.45, 2.75) is 58.4 Å². The Bertz CT molecular complexity index is 295. The van der Waals surface area contributed by atoms with Crippen molar-refractivity contribution in [1.82, 2.24) is 5.32 Å². The van der Waals surface area contributed by atoms with Gasteiger partial charge in [0.2, 0.25) is 5.91 Å². The molecule has 4 heteroatoms. The smallest absolute Gasteiger partial charge is 0.329 e. The fourth-order valence-electron chi connectivity index (χ4n) is 2.33. The maximum Gasteiger partial charge on any atom is 0.329 e. The van der Waals surface area contributed by atoms with E-state index < -0.39 is 11.5 Å². The van der Waals surface area contributed by atoms with Crippen LogP contribution in [-0.4, -0.2) is 22.5 Å². The van der Waals surface area contributed by atoms with Gasteiger partial charge in [-0.25, -0.2) is 4.79 Å². The average molecular weight is 241 g/mol. The zero-order chi connectivity index (χ0) is 13.1. The van der Waals surface area contributed by atoms with Crippen LogP contribution in [0.1, 0.15) is 52.9 Å². The Labute approximate surface area is 103 Å². The van der Waals surface area contributed by atoms with Crippen LogP contribution in [0.2, 0.25) is 0 Å². The molecule has 0 aromatic carbocycles. The lowest BCUT2D eigenvalue weighted by atomic mass is 9.90. The summed E-state index contributed by atoms with van der Waals surface area (Å²) in [4.78, 5) is 23.3. The molecule has 0 saturated heterocycles. The Balaban J connectivity index is 2.68. The van der Waals surface area contributed by atoms with Crippen molar-refractivity contribution in [2.24, 2.45) is 11.8 Å². The molecule has 17 heavy (non-hydrogen) atoms. The molecule has 2 unspecified atom stereocenters. The second kappa shape index (κ2) is 5.52. The minimum atomic E-state index is -1.00. The summed E-state index contributed by atoms with van der Waals surface area (Å²) in [6, 6.07) is 0. The minimum absolute atomic E-state index is 0.122. The van der Waals surface area contributed by atoms with E-state index in [0.717, 1.165) is 19.3 Å². The number of aliphatic carboxylic acids is 1. The lowest BCUT2D eigenvalue weighted by molar-refractivity contribution is -0.148. The van der Waals surface area contributed by atoms with Gasteiger partial charge in [-0.05, 0) is 18.8 Å². The Kier molecular flexibility index (Phi) is 4.54. The van der Waals surface area contributed by atoms with Crippen molar-refractivity contribution >= 4 is 11.9 Å². The molecule has 1 aliphatic rings. The summed E-state index contributed by atoms with van der Waals surface area (Å²) in [5.74, 6) is -0.859.